The van der Waals surface area contributed by atoms with Crippen LogP contribution in [0, 0.1) is 11.8 Å². The largest absolute Gasteiger partial charge is 0.481 e. The Labute approximate surface area is 98.4 Å². The Bertz CT molecular complexity index is 214. The molecule has 0 spiro atoms. The molecule has 0 aromatic carbocycles. The van der Waals surface area contributed by atoms with E-state index in [0.717, 1.165) is 18.8 Å². The second kappa shape index (κ2) is 6.89. The van der Waals surface area contributed by atoms with E-state index in [4.69, 9.17) is 10.8 Å². The van der Waals surface area contributed by atoms with Crippen LogP contribution < -0.4 is 5.73 Å². The fourth-order valence-corrected chi connectivity index (χ4v) is 2.13. The minimum absolute atomic E-state index is 0.106. The molecule has 1 aliphatic carbocycles. The van der Waals surface area contributed by atoms with Gasteiger partial charge in [0.15, 0.2) is 0 Å². The van der Waals surface area contributed by atoms with Gasteiger partial charge in [0.1, 0.15) is 0 Å². The topological polar surface area (TPSA) is 63.3 Å². The van der Waals surface area contributed by atoms with Crippen molar-refractivity contribution < 1.29 is 9.90 Å². The third kappa shape index (κ3) is 6.83. The highest BCUT2D eigenvalue weighted by atomic mass is 16.4. The summed E-state index contributed by atoms with van der Waals surface area (Å²) in [6.07, 6.45) is 8.91. The van der Waals surface area contributed by atoms with E-state index >= 15 is 0 Å². The fourth-order valence-electron chi connectivity index (χ4n) is 2.13. The van der Waals surface area contributed by atoms with Crippen LogP contribution in [-0.2, 0) is 4.79 Å². The van der Waals surface area contributed by atoms with E-state index in [1.165, 1.54) is 32.1 Å². The number of carbonyl (C=O) groups is 1. The average Bonchev–Trinajstić information content (AvgIpc) is 2.97. The normalized spacial score (nSPS) is 19.4. The summed E-state index contributed by atoms with van der Waals surface area (Å²) >= 11 is 0. The second-order valence-electron chi connectivity index (χ2n) is 5.41. The first-order valence-electron chi connectivity index (χ1n) is 6.55. The molecule has 1 rings (SSSR count). The maximum Gasteiger partial charge on any atom is 0.304 e. The van der Waals surface area contributed by atoms with E-state index in [1.54, 1.807) is 0 Å². The van der Waals surface area contributed by atoms with Gasteiger partial charge >= 0.3 is 5.97 Å². The number of aliphatic carboxylic acids is 1. The van der Waals surface area contributed by atoms with Gasteiger partial charge in [-0.05, 0) is 24.7 Å². The van der Waals surface area contributed by atoms with Crippen LogP contribution in [0.25, 0.3) is 0 Å². The maximum absolute atomic E-state index is 10.4. The van der Waals surface area contributed by atoms with E-state index in [2.05, 4.69) is 6.92 Å². The number of rotatable bonds is 9. The van der Waals surface area contributed by atoms with Gasteiger partial charge in [-0.1, -0.05) is 39.0 Å². The zero-order chi connectivity index (χ0) is 12.0. The highest BCUT2D eigenvalue weighted by Gasteiger charge is 2.20. The van der Waals surface area contributed by atoms with Crippen LogP contribution >= 0.6 is 0 Å². The third-order valence-electron chi connectivity index (χ3n) is 3.47. The van der Waals surface area contributed by atoms with E-state index in [-0.39, 0.29) is 12.5 Å². The quantitative estimate of drug-likeness (QED) is 0.636. The van der Waals surface area contributed by atoms with Crippen molar-refractivity contribution >= 4 is 5.97 Å². The molecule has 2 atom stereocenters. The molecule has 1 aliphatic rings. The Hall–Kier alpha value is -0.570. The summed E-state index contributed by atoms with van der Waals surface area (Å²) in [6.45, 7) is 2.25. The Balaban J connectivity index is 1.95. The van der Waals surface area contributed by atoms with Crippen molar-refractivity contribution in [2.24, 2.45) is 17.6 Å². The number of nitrogens with two attached hydrogens (primary N) is 1. The van der Waals surface area contributed by atoms with Crippen molar-refractivity contribution in [1.29, 1.82) is 0 Å². The molecule has 3 nitrogen and oxygen atoms in total. The summed E-state index contributed by atoms with van der Waals surface area (Å²) in [4.78, 5) is 10.4. The number of hydrogen-bond donors (Lipinski definition) is 2. The minimum Gasteiger partial charge on any atom is -0.481 e. The van der Waals surface area contributed by atoms with Crippen molar-refractivity contribution in [3.05, 3.63) is 0 Å². The van der Waals surface area contributed by atoms with Crippen LogP contribution in [0.1, 0.15) is 58.3 Å². The minimum atomic E-state index is -0.783. The summed E-state index contributed by atoms with van der Waals surface area (Å²) < 4.78 is 0. The lowest BCUT2D eigenvalue weighted by Gasteiger charge is -2.14. The third-order valence-corrected chi connectivity index (χ3v) is 3.47. The molecule has 0 amide bonds. The lowest BCUT2D eigenvalue weighted by molar-refractivity contribution is -0.137. The van der Waals surface area contributed by atoms with Gasteiger partial charge in [-0.2, -0.15) is 0 Å². The highest BCUT2D eigenvalue weighted by Crippen LogP contribution is 2.34. The lowest BCUT2D eigenvalue weighted by Crippen LogP contribution is -2.24. The molecule has 3 heteroatoms. The summed E-state index contributed by atoms with van der Waals surface area (Å²) in [6, 6.07) is -0.164. The standard InChI is InChI=1S/C13H25NO2/c1-10(3-2-4-11-6-7-11)5-8-12(14)9-13(15)16/h10-12H,2-9,14H2,1H3,(H,15,16)/t10-,12-/m0/s1. The summed E-state index contributed by atoms with van der Waals surface area (Å²) in [5, 5.41) is 8.58. The van der Waals surface area contributed by atoms with Crippen molar-refractivity contribution in [3.63, 3.8) is 0 Å². The number of carboxylic acids is 1. The van der Waals surface area contributed by atoms with Gasteiger partial charge in [-0.25, -0.2) is 0 Å². The molecule has 1 saturated carbocycles. The predicted octanol–water partition coefficient (Wildman–Crippen LogP) is 2.79. The van der Waals surface area contributed by atoms with Crippen molar-refractivity contribution in [2.75, 3.05) is 0 Å². The van der Waals surface area contributed by atoms with Gasteiger partial charge in [0.2, 0.25) is 0 Å². The Morgan fingerprint density at radius 1 is 1.38 bits per heavy atom. The number of hydrogen-bond acceptors (Lipinski definition) is 2. The molecule has 94 valence electrons. The molecule has 0 bridgehead atoms. The zero-order valence-corrected chi connectivity index (χ0v) is 10.3. The van der Waals surface area contributed by atoms with Crippen LogP contribution in [0.3, 0.4) is 0 Å². The van der Waals surface area contributed by atoms with E-state index in [9.17, 15) is 4.79 Å². The molecular weight excluding hydrogens is 202 g/mol. The Kier molecular flexibility index (Phi) is 5.81. The molecule has 0 unspecified atom stereocenters. The van der Waals surface area contributed by atoms with E-state index in [1.807, 2.05) is 0 Å². The van der Waals surface area contributed by atoms with Gasteiger partial charge in [0.05, 0.1) is 6.42 Å². The maximum atomic E-state index is 10.4. The second-order valence-corrected chi connectivity index (χ2v) is 5.41. The molecule has 1 fully saturated rings. The summed E-state index contributed by atoms with van der Waals surface area (Å²) in [7, 11) is 0. The van der Waals surface area contributed by atoms with Crippen molar-refractivity contribution in [1.82, 2.24) is 0 Å². The van der Waals surface area contributed by atoms with Crippen LogP contribution in [0.4, 0.5) is 0 Å². The average molecular weight is 227 g/mol. The van der Waals surface area contributed by atoms with Crippen LogP contribution in [0.5, 0.6) is 0 Å². The first kappa shape index (κ1) is 13.5. The molecule has 0 saturated heterocycles. The molecule has 16 heavy (non-hydrogen) atoms. The molecule has 0 heterocycles. The van der Waals surface area contributed by atoms with E-state index in [0.29, 0.717) is 5.92 Å². The molecular formula is C13H25NO2. The monoisotopic (exact) mass is 227 g/mol. The Morgan fingerprint density at radius 2 is 2.06 bits per heavy atom. The van der Waals surface area contributed by atoms with Gasteiger partial charge < -0.3 is 10.8 Å². The smallest absolute Gasteiger partial charge is 0.304 e. The zero-order valence-electron chi connectivity index (χ0n) is 10.3. The highest BCUT2D eigenvalue weighted by molar-refractivity contribution is 5.67. The van der Waals surface area contributed by atoms with Crippen LogP contribution in [0.15, 0.2) is 0 Å². The van der Waals surface area contributed by atoms with Crippen molar-refractivity contribution in [2.45, 2.75) is 64.3 Å². The van der Waals surface area contributed by atoms with Crippen LogP contribution in [0.2, 0.25) is 0 Å². The lowest BCUT2D eigenvalue weighted by atomic mass is 9.95. The van der Waals surface area contributed by atoms with Gasteiger partial charge in [0, 0.05) is 6.04 Å². The first-order chi connectivity index (χ1) is 7.58. The molecule has 3 N–H and O–H groups in total. The molecule has 0 radical (unpaired) electrons. The van der Waals surface area contributed by atoms with Gasteiger partial charge in [-0.15, -0.1) is 0 Å². The predicted molar refractivity (Wildman–Crippen MR) is 65.2 cm³/mol. The molecule has 0 aromatic rings. The van der Waals surface area contributed by atoms with Crippen molar-refractivity contribution in [3.8, 4) is 0 Å². The van der Waals surface area contributed by atoms with Gasteiger partial charge in [-0.3, -0.25) is 4.79 Å². The van der Waals surface area contributed by atoms with E-state index < -0.39 is 5.97 Å². The summed E-state index contributed by atoms with van der Waals surface area (Å²) in [5.41, 5.74) is 5.73. The fraction of sp³-hybridized carbons (Fsp3) is 0.923. The first-order valence-corrected chi connectivity index (χ1v) is 6.55. The summed E-state index contributed by atoms with van der Waals surface area (Å²) in [5.74, 6) is 0.939. The SMILES string of the molecule is C[C@@H](CCCC1CC1)CC[C@H](N)CC(=O)O. The Morgan fingerprint density at radius 3 is 2.62 bits per heavy atom. The molecule has 0 aromatic heterocycles. The molecule has 0 aliphatic heterocycles. The number of carboxylic acid groups (broad SMARTS) is 1. The van der Waals surface area contributed by atoms with Gasteiger partial charge in [0.25, 0.3) is 0 Å². The van der Waals surface area contributed by atoms with Crippen LogP contribution in [-0.4, -0.2) is 17.1 Å².